The lowest BCUT2D eigenvalue weighted by atomic mass is 10.0. The molecule has 33 heavy (non-hydrogen) atoms. The molecule has 0 unspecified atom stereocenters. The van der Waals surface area contributed by atoms with Crippen molar-refractivity contribution in [1.29, 1.82) is 0 Å². The van der Waals surface area contributed by atoms with Gasteiger partial charge in [0.1, 0.15) is 6.04 Å². The second-order valence-electron chi connectivity index (χ2n) is 7.91. The van der Waals surface area contributed by atoms with E-state index in [1.807, 2.05) is 47.2 Å². The van der Waals surface area contributed by atoms with E-state index in [1.165, 1.54) is 12.1 Å². The van der Waals surface area contributed by atoms with Crippen molar-refractivity contribution in [2.24, 2.45) is 0 Å². The number of nitro benzene ring substituents is 1. The minimum absolute atomic E-state index is 0.0592. The maximum absolute atomic E-state index is 11.1. The summed E-state index contributed by atoms with van der Waals surface area (Å²) < 4.78 is 2.04. The summed E-state index contributed by atoms with van der Waals surface area (Å²) in [6.45, 7) is 2.06. The van der Waals surface area contributed by atoms with Gasteiger partial charge in [-0.15, -0.1) is 0 Å². The van der Waals surface area contributed by atoms with Gasteiger partial charge in [-0.3, -0.25) is 15.1 Å². The molecule has 2 aromatic heterocycles. The quantitative estimate of drug-likeness (QED) is 0.251. The largest absolute Gasteiger partial charge is 0.351 e. The van der Waals surface area contributed by atoms with Crippen LogP contribution in [0.25, 0.3) is 5.69 Å². The summed E-state index contributed by atoms with van der Waals surface area (Å²) in [6.07, 6.45) is 3.74. The highest BCUT2D eigenvalue weighted by Gasteiger charge is 2.42. The monoisotopic (exact) mass is 455 g/mol. The van der Waals surface area contributed by atoms with E-state index in [0.717, 1.165) is 28.3 Å². The molecule has 1 aliphatic rings. The van der Waals surface area contributed by atoms with E-state index in [0.29, 0.717) is 5.11 Å². The fourth-order valence-electron chi connectivity index (χ4n) is 4.32. The lowest BCUT2D eigenvalue weighted by Gasteiger charge is -2.29. The number of thiocarbonyl (C=S) groups is 1. The number of pyridine rings is 1. The van der Waals surface area contributed by atoms with E-state index in [4.69, 9.17) is 12.2 Å². The number of anilines is 1. The van der Waals surface area contributed by atoms with Crippen LogP contribution in [0.5, 0.6) is 0 Å². The topological polar surface area (TPSA) is 76.2 Å². The Labute approximate surface area is 196 Å². The van der Waals surface area contributed by atoms with Crippen LogP contribution in [0.1, 0.15) is 29.0 Å². The third-order valence-electron chi connectivity index (χ3n) is 5.80. The zero-order valence-electron chi connectivity index (χ0n) is 17.8. The van der Waals surface area contributed by atoms with E-state index in [-0.39, 0.29) is 17.8 Å². The third-order valence-corrected chi connectivity index (χ3v) is 6.11. The van der Waals surface area contributed by atoms with Gasteiger partial charge in [0, 0.05) is 41.6 Å². The molecule has 164 valence electrons. The molecule has 8 heteroatoms. The van der Waals surface area contributed by atoms with Gasteiger partial charge < -0.3 is 14.8 Å². The first-order valence-electron chi connectivity index (χ1n) is 10.5. The van der Waals surface area contributed by atoms with Gasteiger partial charge in [0.05, 0.1) is 16.7 Å². The van der Waals surface area contributed by atoms with Crippen molar-refractivity contribution in [1.82, 2.24) is 14.9 Å². The first-order valence-corrected chi connectivity index (χ1v) is 10.9. The molecule has 2 aromatic carbocycles. The molecular weight excluding hydrogens is 434 g/mol. The summed E-state index contributed by atoms with van der Waals surface area (Å²) in [6, 6.07) is 24.3. The number of nitro groups is 1. The molecular formula is C25H21N5O2S. The summed E-state index contributed by atoms with van der Waals surface area (Å²) in [5, 5.41) is 15.2. The molecule has 5 rings (SSSR count). The maximum atomic E-state index is 11.1. The van der Waals surface area contributed by atoms with Crippen LogP contribution in [0.15, 0.2) is 91.3 Å². The average molecular weight is 456 g/mol. The standard InChI is InChI=1S/C25H21N5O2S/c1-17-6-4-7-20(16-17)29-24(23(27-25(29)33)21-8-2-3-14-26-21)22-9-5-15-28(22)18-10-12-19(13-11-18)30(31)32/h2-16,23-24H,1H3,(H,27,33)/t23-,24+/m0/s1. The summed E-state index contributed by atoms with van der Waals surface area (Å²) >= 11 is 5.80. The third kappa shape index (κ3) is 3.85. The van der Waals surface area contributed by atoms with Crippen LogP contribution in [-0.4, -0.2) is 19.6 Å². The van der Waals surface area contributed by atoms with Crippen LogP contribution in [0, 0.1) is 17.0 Å². The first kappa shape index (κ1) is 20.8. The number of non-ortho nitro benzene ring substituents is 1. The minimum atomic E-state index is -0.393. The smallest absolute Gasteiger partial charge is 0.269 e. The zero-order valence-corrected chi connectivity index (χ0v) is 18.6. The Morgan fingerprint density at radius 1 is 1.00 bits per heavy atom. The number of hydrogen-bond donors (Lipinski definition) is 1. The molecule has 4 aromatic rings. The Morgan fingerprint density at radius 2 is 1.82 bits per heavy atom. The van der Waals surface area contributed by atoms with Crippen molar-refractivity contribution < 1.29 is 4.92 Å². The molecule has 0 spiro atoms. The van der Waals surface area contributed by atoms with Crippen LogP contribution in [-0.2, 0) is 0 Å². The number of hydrogen-bond acceptors (Lipinski definition) is 4. The predicted molar refractivity (Wildman–Crippen MR) is 132 cm³/mol. The second-order valence-corrected chi connectivity index (χ2v) is 8.30. The van der Waals surface area contributed by atoms with Crippen molar-refractivity contribution >= 4 is 28.7 Å². The highest BCUT2D eigenvalue weighted by Crippen LogP contribution is 2.42. The van der Waals surface area contributed by atoms with Crippen molar-refractivity contribution in [3.63, 3.8) is 0 Å². The molecule has 1 aliphatic heterocycles. The maximum Gasteiger partial charge on any atom is 0.269 e. The van der Waals surface area contributed by atoms with E-state index < -0.39 is 4.92 Å². The lowest BCUT2D eigenvalue weighted by Crippen LogP contribution is -2.30. The molecule has 1 saturated heterocycles. The summed E-state index contributed by atoms with van der Waals surface area (Å²) in [4.78, 5) is 17.4. The Bertz CT molecular complexity index is 1320. The van der Waals surface area contributed by atoms with Crippen LogP contribution in [0.2, 0.25) is 0 Å². The first-order chi connectivity index (χ1) is 16.0. The highest BCUT2D eigenvalue weighted by molar-refractivity contribution is 7.80. The van der Waals surface area contributed by atoms with Crippen LogP contribution in [0.4, 0.5) is 11.4 Å². The fraction of sp³-hybridized carbons (Fsp3) is 0.120. The Hall–Kier alpha value is -4.04. The number of benzene rings is 2. The Morgan fingerprint density at radius 3 is 2.52 bits per heavy atom. The Balaban J connectivity index is 1.64. The van der Waals surface area contributed by atoms with E-state index in [1.54, 1.807) is 18.3 Å². The lowest BCUT2D eigenvalue weighted by molar-refractivity contribution is -0.384. The van der Waals surface area contributed by atoms with Gasteiger partial charge in [-0.25, -0.2) is 0 Å². The van der Waals surface area contributed by atoms with Crippen LogP contribution >= 0.6 is 12.2 Å². The van der Waals surface area contributed by atoms with Crippen molar-refractivity contribution in [2.75, 3.05) is 4.90 Å². The highest BCUT2D eigenvalue weighted by atomic mass is 32.1. The predicted octanol–water partition coefficient (Wildman–Crippen LogP) is 5.27. The number of nitrogens with one attached hydrogen (secondary N) is 1. The van der Waals surface area contributed by atoms with Crippen molar-refractivity contribution in [2.45, 2.75) is 19.0 Å². The van der Waals surface area contributed by atoms with Gasteiger partial charge in [0.2, 0.25) is 0 Å². The average Bonchev–Trinajstić information content (AvgIpc) is 3.44. The van der Waals surface area contributed by atoms with Crippen LogP contribution < -0.4 is 10.2 Å². The molecule has 0 saturated carbocycles. The SMILES string of the molecule is Cc1cccc(N2C(=S)N[C@@H](c3ccccn3)[C@H]2c2cccn2-c2ccc([N+](=O)[O-])cc2)c1. The van der Waals surface area contributed by atoms with Gasteiger partial charge in [-0.2, -0.15) is 0 Å². The molecule has 3 heterocycles. The van der Waals surface area contributed by atoms with Crippen molar-refractivity contribution in [3.8, 4) is 5.69 Å². The Kier molecular flexibility index (Phi) is 5.35. The zero-order chi connectivity index (χ0) is 22.9. The fourth-order valence-corrected chi connectivity index (χ4v) is 4.66. The molecule has 1 N–H and O–H groups in total. The van der Waals surface area contributed by atoms with Crippen molar-refractivity contribution in [3.05, 3.63) is 118 Å². The molecule has 0 amide bonds. The van der Waals surface area contributed by atoms with Crippen LogP contribution in [0.3, 0.4) is 0 Å². The summed E-state index contributed by atoms with van der Waals surface area (Å²) in [7, 11) is 0. The molecule has 7 nitrogen and oxygen atoms in total. The number of nitrogens with zero attached hydrogens (tertiary/aromatic N) is 4. The number of aryl methyl sites for hydroxylation is 1. The van der Waals surface area contributed by atoms with Gasteiger partial charge in [-0.1, -0.05) is 18.2 Å². The van der Waals surface area contributed by atoms with Gasteiger partial charge in [0.15, 0.2) is 5.11 Å². The van der Waals surface area contributed by atoms with E-state index >= 15 is 0 Å². The minimum Gasteiger partial charge on any atom is -0.351 e. The second kappa shape index (κ2) is 8.48. The summed E-state index contributed by atoms with van der Waals surface area (Å²) in [5.41, 5.74) is 4.91. The molecule has 2 atom stereocenters. The summed E-state index contributed by atoms with van der Waals surface area (Å²) in [5.74, 6) is 0. The van der Waals surface area contributed by atoms with E-state index in [9.17, 15) is 10.1 Å². The van der Waals surface area contributed by atoms with E-state index in [2.05, 4.69) is 40.3 Å². The van der Waals surface area contributed by atoms with Gasteiger partial charge >= 0.3 is 0 Å². The number of aromatic nitrogens is 2. The van der Waals surface area contributed by atoms with Gasteiger partial charge in [0.25, 0.3) is 5.69 Å². The molecule has 0 radical (unpaired) electrons. The molecule has 1 fully saturated rings. The number of rotatable bonds is 5. The van der Waals surface area contributed by atoms with Gasteiger partial charge in [-0.05, 0) is 73.2 Å². The molecule has 0 bridgehead atoms. The normalized spacial score (nSPS) is 17.7. The molecule has 0 aliphatic carbocycles.